The van der Waals surface area contributed by atoms with Crippen LogP contribution in [0.25, 0.3) is 0 Å². The average molecular weight is 258 g/mol. The highest BCUT2D eigenvalue weighted by Gasteiger charge is 2.28. The van der Waals surface area contributed by atoms with Crippen molar-refractivity contribution < 1.29 is 12.8 Å². The average Bonchev–Trinajstić information content (AvgIpc) is 2.83. The van der Waals surface area contributed by atoms with E-state index in [2.05, 4.69) is 10.3 Å². The first-order valence-corrected chi connectivity index (χ1v) is 7.69. The molecule has 6 heteroatoms. The van der Waals surface area contributed by atoms with Crippen LogP contribution in [-0.4, -0.2) is 38.5 Å². The summed E-state index contributed by atoms with van der Waals surface area (Å²) in [5.41, 5.74) is 0.926. The molecule has 0 bridgehead atoms. The maximum Gasteiger partial charge on any atom is 0.194 e. The highest BCUT2D eigenvalue weighted by molar-refractivity contribution is 7.91. The van der Waals surface area contributed by atoms with Gasteiger partial charge in [0.15, 0.2) is 15.7 Å². The van der Waals surface area contributed by atoms with Crippen molar-refractivity contribution in [1.82, 2.24) is 10.3 Å². The fraction of sp³-hybridized carbons (Fsp3) is 0.727. The van der Waals surface area contributed by atoms with Gasteiger partial charge in [-0.25, -0.2) is 13.4 Å². The molecular formula is C11H18N2O3S. The second-order valence-electron chi connectivity index (χ2n) is 4.56. The van der Waals surface area contributed by atoms with E-state index in [0.717, 1.165) is 25.1 Å². The fourth-order valence-electron chi connectivity index (χ4n) is 2.09. The van der Waals surface area contributed by atoms with Gasteiger partial charge in [-0.15, -0.1) is 0 Å². The smallest absolute Gasteiger partial charge is 0.194 e. The van der Waals surface area contributed by atoms with E-state index >= 15 is 0 Å². The number of hydrogen-bond acceptors (Lipinski definition) is 5. The largest absolute Gasteiger partial charge is 0.449 e. The molecule has 0 saturated carbocycles. The molecule has 0 amide bonds. The number of sulfone groups is 1. The Labute approximate surface area is 102 Å². The second kappa shape index (κ2) is 5.18. The first-order chi connectivity index (χ1) is 8.09. The van der Waals surface area contributed by atoms with Crippen LogP contribution in [0.5, 0.6) is 0 Å². The van der Waals surface area contributed by atoms with Gasteiger partial charge < -0.3 is 9.73 Å². The highest BCUT2D eigenvalue weighted by atomic mass is 32.2. The Morgan fingerprint density at radius 2 is 2.41 bits per heavy atom. The molecule has 17 heavy (non-hydrogen) atoms. The summed E-state index contributed by atoms with van der Waals surface area (Å²) >= 11 is 0. The SMILES string of the molecule is CNCCc1coc(CC2CCS(=O)(=O)C2)n1. The van der Waals surface area contributed by atoms with E-state index in [1.807, 2.05) is 7.05 Å². The van der Waals surface area contributed by atoms with Gasteiger partial charge in [-0.3, -0.25) is 0 Å². The van der Waals surface area contributed by atoms with Crippen LogP contribution in [0.15, 0.2) is 10.7 Å². The van der Waals surface area contributed by atoms with E-state index in [1.54, 1.807) is 6.26 Å². The summed E-state index contributed by atoms with van der Waals surface area (Å²) in [5, 5.41) is 3.05. The van der Waals surface area contributed by atoms with Gasteiger partial charge in [0.1, 0.15) is 6.26 Å². The van der Waals surface area contributed by atoms with E-state index in [4.69, 9.17) is 4.42 Å². The van der Waals surface area contributed by atoms with Crippen LogP contribution in [0.4, 0.5) is 0 Å². The minimum absolute atomic E-state index is 0.177. The monoisotopic (exact) mass is 258 g/mol. The molecule has 1 aliphatic rings. The Kier molecular flexibility index (Phi) is 3.83. The first-order valence-electron chi connectivity index (χ1n) is 5.87. The van der Waals surface area contributed by atoms with Crippen molar-refractivity contribution in [2.24, 2.45) is 5.92 Å². The lowest BCUT2D eigenvalue weighted by Crippen LogP contribution is -2.11. The molecule has 0 aromatic carbocycles. The molecule has 1 saturated heterocycles. The molecule has 1 fully saturated rings. The minimum Gasteiger partial charge on any atom is -0.449 e. The predicted molar refractivity (Wildman–Crippen MR) is 64.6 cm³/mol. The molecule has 1 aromatic heterocycles. The van der Waals surface area contributed by atoms with Gasteiger partial charge >= 0.3 is 0 Å². The van der Waals surface area contributed by atoms with E-state index in [9.17, 15) is 8.42 Å². The minimum atomic E-state index is -2.80. The molecule has 0 spiro atoms. The van der Waals surface area contributed by atoms with E-state index < -0.39 is 9.84 Å². The number of oxazole rings is 1. The number of aromatic nitrogens is 1. The quantitative estimate of drug-likeness (QED) is 0.828. The zero-order valence-corrected chi connectivity index (χ0v) is 10.8. The van der Waals surface area contributed by atoms with Crippen LogP contribution in [0.2, 0.25) is 0 Å². The van der Waals surface area contributed by atoms with Gasteiger partial charge in [-0.1, -0.05) is 0 Å². The molecule has 0 aliphatic carbocycles. The van der Waals surface area contributed by atoms with Gasteiger partial charge in [0.2, 0.25) is 0 Å². The number of nitrogens with zero attached hydrogens (tertiary/aromatic N) is 1. The van der Waals surface area contributed by atoms with Crippen LogP contribution >= 0.6 is 0 Å². The molecule has 2 heterocycles. The van der Waals surface area contributed by atoms with Gasteiger partial charge in [0, 0.05) is 19.4 Å². The summed E-state index contributed by atoms with van der Waals surface area (Å²) in [4.78, 5) is 4.36. The van der Waals surface area contributed by atoms with Crippen molar-refractivity contribution in [2.45, 2.75) is 19.3 Å². The zero-order chi connectivity index (χ0) is 12.3. The Morgan fingerprint density at radius 3 is 3.06 bits per heavy atom. The van der Waals surface area contributed by atoms with Gasteiger partial charge in [-0.2, -0.15) is 0 Å². The van der Waals surface area contributed by atoms with Crippen LogP contribution < -0.4 is 5.32 Å². The van der Waals surface area contributed by atoms with Crippen molar-refractivity contribution in [2.75, 3.05) is 25.1 Å². The molecule has 1 unspecified atom stereocenters. The lowest BCUT2D eigenvalue weighted by atomic mass is 10.1. The summed E-state index contributed by atoms with van der Waals surface area (Å²) in [6, 6.07) is 0. The van der Waals surface area contributed by atoms with Crippen LogP contribution in [0.3, 0.4) is 0 Å². The van der Waals surface area contributed by atoms with Crippen molar-refractivity contribution >= 4 is 9.84 Å². The molecular weight excluding hydrogens is 240 g/mol. The van der Waals surface area contributed by atoms with Crippen molar-refractivity contribution in [3.8, 4) is 0 Å². The third-order valence-electron chi connectivity index (χ3n) is 3.02. The Balaban J connectivity index is 1.89. The summed E-state index contributed by atoms with van der Waals surface area (Å²) in [5.74, 6) is 1.43. The Hall–Kier alpha value is -0.880. The molecule has 1 aliphatic heterocycles. The molecule has 96 valence electrons. The topological polar surface area (TPSA) is 72.2 Å². The van der Waals surface area contributed by atoms with E-state index in [0.29, 0.717) is 18.1 Å². The molecule has 0 radical (unpaired) electrons. The van der Waals surface area contributed by atoms with Crippen LogP contribution in [-0.2, 0) is 22.7 Å². The van der Waals surface area contributed by atoms with E-state index in [1.165, 1.54) is 0 Å². The molecule has 2 rings (SSSR count). The first kappa shape index (κ1) is 12.6. The molecule has 1 atom stereocenters. The number of hydrogen-bond donors (Lipinski definition) is 1. The molecule has 1 aromatic rings. The number of nitrogens with one attached hydrogen (secondary N) is 1. The molecule has 5 nitrogen and oxygen atoms in total. The van der Waals surface area contributed by atoms with Crippen molar-refractivity contribution in [1.29, 1.82) is 0 Å². The van der Waals surface area contributed by atoms with Gasteiger partial charge in [0.25, 0.3) is 0 Å². The fourth-order valence-corrected chi connectivity index (χ4v) is 3.95. The lowest BCUT2D eigenvalue weighted by molar-refractivity contribution is 0.446. The maximum absolute atomic E-state index is 11.3. The third-order valence-corrected chi connectivity index (χ3v) is 4.86. The Bertz CT molecular complexity index is 467. The Morgan fingerprint density at radius 1 is 1.59 bits per heavy atom. The summed E-state index contributed by atoms with van der Waals surface area (Å²) < 4.78 is 28.0. The number of likely N-dealkylation sites (N-methyl/N-ethyl adjacent to an activating group) is 1. The predicted octanol–water partition coefficient (Wildman–Crippen LogP) is 0.414. The molecule has 1 N–H and O–H groups in total. The van der Waals surface area contributed by atoms with Crippen LogP contribution in [0.1, 0.15) is 18.0 Å². The highest BCUT2D eigenvalue weighted by Crippen LogP contribution is 2.22. The van der Waals surface area contributed by atoms with Crippen LogP contribution in [0, 0.1) is 5.92 Å². The van der Waals surface area contributed by atoms with Crippen molar-refractivity contribution in [3.63, 3.8) is 0 Å². The standard InChI is InChI=1S/C11H18N2O3S/c1-12-4-2-10-7-16-11(13-10)6-9-3-5-17(14,15)8-9/h7,9,12H,2-6,8H2,1H3. The normalized spacial score (nSPS) is 23.0. The maximum atomic E-state index is 11.3. The summed E-state index contributed by atoms with van der Waals surface area (Å²) in [6.07, 6.45) is 3.87. The zero-order valence-electron chi connectivity index (χ0n) is 9.98. The summed E-state index contributed by atoms with van der Waals surface area (Å²) in [7, 11) is -0.909. The summed E-state index contributed by atoms with van der Waals surface area (Å²) in [6.45, 7) is 0.865. The third kappa shape index (κ3) is 3.54. The number of rotatable bonds is 5. The lowest BCUT2D eigenvalue weighted by Gasteiger charge is -2.02. The van der Waals surface area contributed by atoms with Crippen molar-refractivity contribution in [3.05, 3.63) is 17.8 Å². The van der Waals surface area contributed by atoms with Gasteiger partial charge in [0.05, 0.1) is 17.2 Å². The van der Waals surface area contributed by atoms with Gasteiger partial charge in [-0.05, 0) is 19.4 Å². The second-order valence-corrected chi connectivity index (χ2v) is 6.79. The van der Waals surface area contributed by atoms with E-state index in [-0.39, 0.29) is 11.7 Å².